The van der Waals surface area contributed by atoms with Gasteiger partial charge in [-0.1, -0.05) is 55.5 Å². The second-order valence-corrected chi connectivity index (χ2v) is 8.63. The molecule has 2 amide bonds. The smallest absolute Gasteiger partial charge is 0.412 e. The minimum atomic E-state index is -0.855. The van der Waals surface area contributed by atoms with Crippen LogP contribution >= 0.6 is 0 Å². The number of hydrogen-bond donors (Lipinski definition) is 3. The van der Waals surface area contributed by atoms with Crippen molar-refractivity contribution in [1.82, 2.24) is 15.1 Å². The molecule has 0 radical (unpaired) electrons. The van der Waals surface area contributed by atoms with E-state index < -0.39 is 18.0 Å². The van der Waals surface area contributed by atoms with Gasteiger partial charge in [0.2, 0.25) is 0 Å². The Morgan fingerprint density at radius 2 is 1.71 bits per heavy atom. The summed E-state index contributed by atoms with van der Waals surface area (Å²) < 4.78 is 6.90. The number of aryl methyl sites for hydroxylation is 1. The molecule has 0 saturated carbocycles. The molecule has 3 N–H and O–H groups in total. The van der Waals surface area contributed by atoms with Gasteiger partial charge in [0.05, 0.1) is 5.92 Å². The highest BCUT2D eigenvalue weighted by atomic mass is 16.5. The largest absolute Gasteiger partial charge is 0.481 e. The lowest BCUT2D eigenvalue weighted by Crippen LogP contribution is -2.27. The van der Waals surface area contributed by atoms with Crippen molar-refractivity contribution in [3.63, 3.8) is 0 Å². The zero-order valence-corrected chi connectivity index (χ0v) is 19.7. The van der Waals surface area contributed by atoms with Gasteiger partial charge in [-0.25, -0.2) is 4.79 Å². The number of aliphatic carboxylic acids is 1. The average molecular weight is 477 g/mol. The molecule has 182 valence electrons. The first-order valence-electron chi connectivity index (χ1n) is 11.5. The van der Waals surface area contributed by atoms with E-state index in [1.54, 1.807) is 14.0 Å². The maximum absolute atomic E-state index is 12.5. The summed E-state index contributed by atoms with van der Waals surface area (Å²) in [4.78, 5) is 35.8. The van der Waals surface area contributed by atoms with Crippen LogP contribution in [0.4, 0.5) is 10.6 Å². The highest BCUT2D eigenvalue weighted by molar-refractivity contribution is 5.94. The maximum atomic E-state index is 12.5. The third-order valence-electron chi connectivity index (χ3n) is 6.21. The summed E-state index contributed by atoms with van der Waals surface area (Å²) in [5.74, 6) is -1.52. The van der Waals surface area contributed by atoms with Crippen LogP contribution < -0.4 is 10.6 Å². The first-order chi connectivity index (χ1) is 16.8. The number of rotatable bonds is 9. The van der Waals surface area contributed by atoms with Gasteiger partial charge >= 0.3 is 12.1 Å². The van der Waals surface area contributed by atoms with Crippen LogP contribution in [0.25, 0.3) is 11.1 Å². The number of carboxylic acids is 1. The quantitative estimate of drug-likeness (QED) is 0.401. The Hall–Kier alpha value is -4.14. The summed E-state index contributed by atoms with van der Waals surface area (Å²) in [6.07, 6.45) is 0.358. The Bertz CT molecular complexity index is 1210. The van der Waals surface area contributed by atoms with Gasteiger partial charge in [-0.15, -0.1) is 0 Å². The van der Waals surface area contributed by atoms with Crippen LogP contribution in [0.1, 0.15) is 47.3 Å². The van der Waals surface area contributed by atoms with Crippen LogP contribution in [0.3, 0.4) is 0 Å². The molecule has 35 heavy (non-hydrogen) atoms. The van der Waals surface area contributed by atoms with Gasteiger partial charge in [0.1, 0.15) is 12.3 Å². The molecule has 1 aliphatic rings. The fourth-order valence-electron chi connectivity index (χ4n) is 4.30. The molecule has 2 aromatic carbocycles. The number of carboxylic acid groups (broad SMARTS) is 1. The summed E-state index contributed by atoms with van der Waals surface area (Å²) in [7, 11) is 1.60. The lowest BCUT2D eigenvalue weighted by atomic mass is 9.98. The fraction of sp³-hybridized carbons (Fsp3) is 0.308. The van der Waals surface area contributed by atoms with Gasteiger partial charge in [-0.2, -0.15) is 5.10 Å². The molecule has 0 spiro atoms. The van der Waals surface area contributed by atoms with Crippen molar-refractivity contribution in [1.29, 1.82) is 0 Å². The molecule has 1 unspecified atom stereocenters. The van der Waals surface area contributed by atoms with E-state index in [4.69, 9.17) is 9.84 Å². The van der Waals surface area contributed by atoms with Crippen molar-refractivity contribution in [2.75, 3.05) is 18.5 Å². The SMILES string of the molecule is CC(CCCNC(=O)c1cc(NC(=O)OCC2c3ccccc3-c3ccccc32)nn1C)C(=O)O. The lowest BCUT2D eigenvalue weighted by molar-refractivity contribution is -0.141. The summed E-state index contributed by atoms with van der Waals surface area (Å²) in [5.41, 5.74) is 4.81. The zero-order valence-electron chi connectivity index (χ0n) is 19.7. The number of nitrogens with zero attached hydrogens (tertiary/aromatic N) is 2. The Kier molecular flexibility index (Phi) is 7.14. The Morgan fingerprint density at radius 3 is 2.34 bits per heavy atom. The molecular formula is C26H28N4O5. The number of amides is 2. The number of carbonyl (C=O) groups is 3. The van der Waals surface area contributed by atoms with Crippen molar-refractivity contribution in [2.45, 2.75) is 25.7 Å². The molecule has 3 aromatic rings. The van der Waals surface area contributed by atoms with Crippen LogP contribution in [0.2, 0.25) is 0 Å². The second-order valence-electron chi connectivity index (χ2n) is 8.63. The first kappa shape index (κ1) is 24.0. The van der Waals surface area contributed by atoms with E-state index in [2.05, 4.69) is 27.9 Å². The van der Waals surface area contributed by atoms with Crippen molar-refractivity contribution in [2.24, 2.45) is 13.0 Å². The fourth-order valence-corrected chi connectivity index (χ4v) is 4.30. The number of aromatic nitrogens is 2. The van der Waals surface area contributed by atoms with Crippen molar-refractivity contribution in [3.8, 4) is 11.1 Å². The molecule has 1 aliphatic carbocycles. The van der Waals surface area contributed by atoms with Crippen LogP contribution in [-0.4, -0.2) is 46.0 Å². The number of hydrogen-bond acceptors (Lipinski definition) is 5. The maximum Gasteiger partial charge on any atom is 0.412 e. The highest BCUT2D eigenvalue weighted by Crippen LogP contribution is 2.44. The lowest BCUT2D eigenvalue weighted by Gasteiger charge is -2.14. The van der Waals surface area contributed by atoms with Crippen molar-refractivity contribution >= 4 is 23.8 Å². The monoisotopic (exact) mass is 476 g/mol. The van der Waals surface area contributed by atoms with E-state index >= 15 is 0 Å². The number of nitrogens with one attached hydrogen (secondary N) is 2. The first-order valence-corrected chi connectivity index (χ1v) is 11.5. The topological polar surface area (TPSA) is 123 Å². The number of benzene rings is 2. The van der Waals surface area contributed by atoms with Crippen molar-refractivity contribution in [3.05, 3.63) is 71.4 Å². The number of fused-ring (bicyclic) bond motifs is 3. The summed E-state index contributed by atoms with van der Waals surface area (Å²) in [5, 5.41) is 18.4. The third-order valence-corrected chi connectivity index (χ3v) is 6.21. The molecule has 0 saturated heterocycles. The van der Waals surface area contributed by atoms with Crippen LogP contribution in [0, 0.1) is 5.92 Å². The predicted molar refractivity (Wildman–Crippen MR) is 130 cm³/mol. The molecule has 1 aromatic heterocycles. The Balaban J connectivity index is 1.31. The predicted octanol–water partition coefficient (Wildman–Crippen LogP) is 4.01. The molecule has 0 bridgehead atoms. The summed E-state index contributed by atoms with van der Waals surface area (Å²) >= 11 is 0. The van der Waals surface area contributed by atoms with E-state index in [0.717, 1.165) is 22.3 Å². The van der Waals surface area contributed by atoms with E-state index in [9.17, 15) is 14.4 Å². The van der Waals surface area contributed by atoms with Gasteiger partial charge in [-0.3, -0.25) is 19.6 Å². The molecular weight excluding hydrogens is 448 g/mol. The highest BCUT2D eigenvalue weighted by Gasteiger charge is 2.29. The number of carbonyl (C=O) groups excluding carboxylic acids is 2. The van der Waals surface area contributed by atoms with Gasteiger partial charge < -0.3 is 15.2 Å². The van der Waals surface area contributed by atoms with Gasteiger partial charge in [0.25, 0.3) is 5.91 Å². The molecule has 4 rings (SSSR count). The molecule has 9 nitrogen and oxygen atoms in total. The second kappa shape index (κ2) is 10.4. The normalized spacial score (nSPS) is 13.0. The molecule has 1 atom stereocenters. The molecule has 0 aliphatic heterocycles. The van der Waals surface area contributed by atoms with E-state index in [1.165, 1.54) is 10.7 Å². The van der Waals surface area contributed by atoms with Crippen LogP contribution in [-0.2, 0) is 16.6 Å². The Morgan fingerprint density at radius 1 is 1.09 bits per heavy atom. The van der Waals surface area contributed by atoms with E-state index in [0.29, 0.717) is 19.4 Å². The van der Waals surface area contributed by atoms with E-state index in [1.807, 2.05) is 36.4 Å². The molecule has 0 fully saturated rings. The minimum Gasteiger partial charge on any atom is -0.481 e. The van der Waals surface area contributed by atoms with Gasteiger partial charge in [-0.05, 0) is 35.1 Å². The zero-order chi connectivity index (χ0) is 24.9. The van der Waals surface area contributed by atoms with Crippen molar-refractivity contribution < 1.29 is 24.2 Å². The van der Waals surface area contributed by atoms with Gasteiger partial charge in [0, 0.05) is 25.6 Å². The minimum absolute atomic E-state index is 0.0536. The summed E-state index contributed by atoms with van der Waals surface area (Å²) in [6.45, 7) is 2.15. The number of ether oxygens (including phenoxy) is 1. The third kappa shape index (κ3) is 5.34. The standard InChI is InChI=1S/C26H28N4O5/c1-16(25(32)33)8-7-13-27-24(31)22-14-23(29-30(22)2)28-26(34)35-15-21-19-11-5-3-9-17(19)18-10-4-6-12-20(18)21/h3-6,9-12,14,16,21H,7-8,13,15H2,1-2H3,(H,27,31)(H,32,33)(H,28,29,34). The van der Waals surface area contributed by atoms with Crippen LogP contribution in [0.15, 0.2) is 54.6 Å². The number of anilines is 1. The Labute approximate surface area is 203 Å². The summed E-state index contributed by atoms with van der Waals surface area (Å²) in [6, 6.07) is 17.7. The molecule has 1 heterocycles. The van der Waals surface area contributed by atoms with Crippen LogP contribution in [0.5, 0.6) is 0 Å². The van der Waals surface area contributed by atoms with Gasteiger partial charge in [0.15, 0.2) is 5.82 Å². The van der Waals surface area contributed by atoms with E-state index in [-0.39, 0.29) is 29.9 Å². The molecule has 9 heteroatoms. The average Bonchev–Trinajstić information content (AvgIpc) is 3.37.